The van der Waals surface area contributed by atoms with Gasteiger partial charge in [0.1, 0.15) is 0 Å². The summed E-state index contributed by atoms with van der Waals surface area (Å²) in [6.07, 6.45) is 1.71. The van der Waals surface area contributed by atoms with E-state index in [1.165, 1.54) is 0 Å². The summed E-state index contributed by atoms with van der Waals surface area (Å²) in [5.74, 6) is 0.329. The molecule has 0 radical (unpaired) electrons. The molecule has 5 nitrogen and oxygen atoms in total. The molecule has 0 fully saturated rings. The fraction of sp³-hybridized carbons (Fsp3) is 0.111. The molecule has 0 aliphatic rings. The molecule has 16 heavy (non-hydrogen) atoms. The summed E-state index contributed by atoms with van der Waals surface area (Å²) in [7, 11) is 0. The molecule has 0 aromatic carbocycles. The lowest BCUT2D eigenvalue weighted by Crippen LogP contribution is -2.05. The Hall–Kier alpha value is -1.46. The van der Waals surface area contributed by atoms with Crippen molar-refractivity contribution in [2.45, 2.75) is 6.54 Å². The van der Waals surface area contributed by atoms with E-state index >= 15 is 0 Å². The molecule has 0 bridgehead atoms. The molecule has 0 atom stereocenters. The van der Waals surface area contributed by atoms with Crippen LogP contribution in [-0.2, 0) is 6.54 Å². The van der Waals surface area contributed by atoms with Gasteiger partial charge < -0.3 is 5.32 Å². The molecule has 7 heteroatoms. The second kappa shape index (κ2) is 5.05. The predicted molar refractivity (Wildman–Crippen MR) is 61.4 cm³/mol. The number of pyridine rings is 1. The summed E-state index contributed by atoms with van der Waals surface area (Å²) in [6.45, 7) is 0.498. The van der Waals surface area contributed by atoms with E-state index in [4.69, 9.17) is 23.2 Å². The van der Waals surface area contributed by atoms with E-state index in [1.807, 2.05) is 18.2 Å². The first kappa shape index (κ1) is 11.0. The Bertz CT molecular complexity index is 456. The van der Waals surface area contributed by atoms with Crippen LogP contribution in [0.25, 0.3) is 0 Å². The van der Waals surface area contributed by atoms with Crippen molar-refractivity contribution in [3.63, 3.8) is 0 Å². The Balaban J connectivity index is 2.05. The van der Waals surface area contributed by atoms with Crippen molar-refractivity contribution in [3.05, 3.63) is 40.7 Å². The van der Waals surface area contributed by atoms with Crippen LogP contribution in [0.15, 0.2) is 24.4 Å². The molecular formula is C9H7Cl2N5. The van der Waals surface area contributed by atoms with Crippen molar-refractivity contribution in [2.24, 2.45) is 0 Å². The molecule has 1 N–H and O–H groups in total. The maximum Gasteiger partial charge on any atom is 0.228 e. The molecule has 2 aromatic rings. The fourth-order valence-corrected chi connectivity index (χ4v) is 1.44. The zero-order valence-corrected chi connectivity index (χ0v) is 9.57. The van der Waals surface area contributed by atoms with Crippen LogP contribution in [0.4, 0.5) is 5.95 Å². The van der Waals surface area contributed by atoms with Crippen LogP contribution in [0.3, 0.4) is 0 Å². The largest absolute Gasteiger partial charge is 0.348 e. The number of nitrogens with one attached hydrogen (secondary N) is 1. The molecule has 2 aromatic heterocycles. The molecule has 0 saturated heterocycles. The molecular weight excluding hydrogens is 249 g/mol. The van der Waals surface area contributed by atoms with E-state index in [-0.39, 0.29) is 10.6 Å². The predicted octanol–water partition coefficient (Wildman–Crippen LogP) is 2.19. The zero-order valence-electron chi connectivity index (χ0n) is 8.06. The van der Waals surface area contributed by atoms with Crippen molar-refractivity contribution in [1.29, 1.82) is 0 Å². The second-order valence-electron chi connectivity index (χ2n) is 2.87. The smallest absolute Gasteiger partial charge is 0.228 e. The van der Waals surface area contributed by atoms with Gasteiger partial charge in [-0.15, -0.1) is 0 Å². The van der Waals surface area contributed by atoms with Gasteiger partial charge in [-0.25, -0.2) is 0 Å². The topological polar surface area (TPSA) is 63.6 Å². The highest BCUT2D eigenvalue weighted by molar-refractivity contribution is 6.31. The average molecular weight is 256 g/mol. The number of rotatable bonds is 3. The van der Waals surface area contributed by atoms with Gasteiger partial charge in [-0.1, -0.05) is 6.07 Å². The van der Waals surface area contributed by atoms with E-state index in [0.717, 1.165) is 5.69 Å². The maximum atomic E-state index is 5.63. The molecule has 0 unspecified atom stereocenters. The maximum absolute atomic E-state index is 5.63. The SMILES string of the molecule is Clc1nc(Cl)nc(NCc2ccccn2)n1. The van der Waals surface area contributed by atoms with Gasteiger partial charge in [-0.05, 0) is 35.3 Å². The Kier molecular flexibility index (Phi) is 3.48. The summed E-state index contributed by atoms with van der Waals surface area (Å²) in [5.41, 5.74) is 0.871. The highest BCUT2D eigenvalue weighted by Crippen LogP contribution is 2.10. The van der Waals surface area contributed by atoms with Gasteiger partial charge in [0.05, 0.1) is 12.2 Å². The summed E-state index contributed by atoms with van der Waals surface area (Å²) in [5, 5.41) is 3.07. The van der Waals surface area contributed by atoms with Crippen molar-refractivity contribution in [3.8, 4) is 0 Å². The van der Waals surface area contributed by atoms with Crippen molar-refractivity contribution in [2.75, 3.05) is 5.32 Å². The molecule has 0 amide bonds. The third kappa shape index (κ3) is 3.01. The van der Waals surface area contributed by atoms with Gasteiger partial charge in [0, 0.05) is 6.20 Å². The van der Waals surface area contributed by atoms with Gasteiger partial charge in [0.15, 0.2) is 0 Å². The van der Waals surface area contributed by atoms with Crippen LogP contribution in [0.2, 0.25) is 10.6 Å². The standard InChI is InChI=1S/C9H7Cl2N5/c10-7-14-8(11)16-9(15-7)13-5-6-3-1-2-4-12-6/h1-4H,5H2,(H,13,14,15,16). The van der Waals surface area contributed by atoms with Gasteiger partial charge in [0.2, 0.25) is 16.5 Å². The van der Waals surface area contributed by atoms with Crippen molar-refractivity contribution < 1.29 is 0 Å². The minimum Gasteiger partial charge on any atom is -0.348 e. The van der Waals surface area contributed by atoms with Crippen molar-refractivity contribution in [1.82, 2.24) is 19.9 Å². The lowest BCUT2D eigenvalue weighted by Gasteiger charge is -2.03. The molecule has 0 aliphatic heterocycles. The molecule has 2 heterocycles. The van der Waals surface area contributed by atoms with Gasteiger partial charge >= 0.3 is 0 Å². The van der Waals surface area contributed by atoms with Crippen LogP contribution >= 0.6 is 23.2 Å². The zero-order chi connectivity index (χ0) is 11.4. The van der Waals surface area contributed by atoms with E-state index < -0.39 is 0 Å². The third-order valence-corrected chi connectivity index (χ3v) is 2.07. The van der Waals surface area contributed by atoms with E-state index in [1.54, 1.807) is 6.20 Å². The number of hydrogen-bond donors (Lipinski definition) is 1. The highest BCUT2D eigenvalue weighted by atomic mass is 35.5. The molecule has 2 rings (SSSR count). The number of anilines is 1. The minimum atomic E-state index is 0.0588. The van der Waals surface area contributed by atoms with E-state index in [9.17, 15) is 0 Å². The van der Waals surface area contributed by atoms with Crippen LogP contribution in [0, 0.1) is 0 Å². The Labute approximate surface area is 102 Å². The Morgan fingerprint density at radius 2 is 1.81 bits per heavy atom. The molecule has 0 saturated carbocycles. The van der Waals surface area contributed by atoms with Crippen LogP contribution in [-0.4, -0.2) is 19.9 Å². The molecule has 0 spiro atoms. The van der Waals surface area contributed by atoms with Crippen molar-refractivity contribution >= 4 is 29.2 Å². The lowest BCUT2D eigenvalue weighted by molar-refractivity contribution is 0.974. The van der Waals surface area contributed by atoms with Gasteiger partial charge in [0.25, 0.3) is 0 Å². The minimum absolute atomic E-state index is 0.0588. The van der Waals surface area contributed by atoms with E-state index in [0.29, 0.717) is 12.5 Å². The first-order valence-corrected chi connectivity index (χ1v) is 5.20. The normalized spacial score (nSPS) is 10.1. The third-order valence-electron chi connectivity index (χ3n) is 1.73. The number of nitrogens with zero attached hydrogens (tertiary/aromatic N) is 4. The molecule has 0 aliphatic carbocycles. The number of hydrogen-bond acceptors (Lipinski definition) is 5. The average Bonchev–Trinajstić information content (AvgIpc) is 2.27. The summed E-state index contributed by atoms with van der Waals surface area (Å²) in [6, 6.07) is 5.63. The number of aromatic nitrogens is 4. The quantitative estimate of drug-likeness (QED) is 0.911. The lowest BCUT2D eigenvalue weighted by atomic mass is 10.3. The van der Waals surface area contributed by atoms with Crippen LogP contribution < -0.4 is 5.32 Å². The first-order valence-electron chi connectivity index (χ1n) is 4.45. The second-order valence-corrected chi connectivity index (χ2v) is 3.55. The van der Waals surface area contributed by atoms with Crippen LogP contribution in [0.1, 0.15) is 5.69 Å². The summed E-state index contributed by atoms with van der Waals surface area (Å²) < 4.78 is 0. The monoisotopic (exact) mass is 255 g/mol. The Morgan fingerprint density at radius 1 is 1.06 bits per heavy atom. The summed E-state index contributed by atoms with van der Waals surface area (Å²) >= 11 is 11.3. The molecule has 82 valence electrons. The van der Waals surface area contributed by atoms with E-state index in [2.05, 4.69) is 25.3 Å². The fourth-order valence-electron chi connectivity index (χ4n) is 1.08. The van der Waals surface area contributed by atoms with Gasteiger partial charge in [-0.3, -0.25) is 4.98 Å². The van der Waals surface area contributed by atoms with Gasteiger partial charge in [-0.2, -0.15) is 15.0 Å². The number of halogens is 2. The van der Waals surface area contributed by atoms with Crippen LogP contribution in [0.5, 0.6) is 0 Å². The first-order chi connectivity index (χ1) is 7.74. The highest BCUT2D eigenvalue weighted by Gasteiger charge is 2.02. The Morgan fingerprint density at radius 3 is 2.44 bits per heavy atom. The summed E-state index contributed by atoms with van der Waals surface area (Å²) in [4.78, 5) is 15.5.